The molecule has 1 saturated heterocycles. The third-order valence-corrected chi connectivity index (χ3v) is 6.70. The SMILES string of the molecule is O=C(NCc1ccc(F)cc1F)c1cn2c(c(OCc3ccccc3)c1=O)C(=O)N1CC2CCC(F)(F)C1. The molecule has 11 heteroatoms. The van der Waals surface area contributed by atoms with Gasteiger partial charge in [-0.3, -0.25) is 14.4 Å². The second kappa shape index (κ2) is 9.96. The molecule has 38 heavy (non-hydrogen) atoms. The summed E-state index contributed by atoms with van der Waals surface area (Å²) in [6, 6.07) is 11.0. The topological polar surface area (TPSA) is 80.6 Å². The van der Waals surface area contributed by atoms with Gasteiger partial charge in [0.25, 0.3) is 17.7 Å². The van der Waals surface area contributed by atoms with Gasteiger partial charge in [0.2, 0.25) is 5.43 Å². The Morgan fingerprint density at radius 2 is 1.87 bits per heavy atom. The average molecular weight is 529 g/mol. The zero-order chi connectivity index (χ0) is 27.0. The standard InChI is InChI=1S/C27H23F4N3O4/c28-18-7-6-17(21(29)10-18)11-32-25(36)20-13-34-19-8-9-27(30,31)15-33(12-19)26(37)22(34)24(23(20)35)38-14-16-4-2-1-3-5-16/h1-7,10,13,19H,8-9,11-12,14-15H2,(H,32,36). The number of hydrogen-bond acceptors (Lipinski definition) is 4. The van der Waals surface area contributed by atoms with Crippen LogP contribution >= 0.6 is 0 Å². The Balaban J connectivity index is 1.53. The number of benzene rings is 2. The van der Waals surface area contributed by atoms with E-state index >= 15 is 0 Å². The average Bonchev–Trinajstić information content (AvgIpc) is 3.03. The van der Waals surface area contributed by atoms with Crippen molar-refractivity contribution < 1.29 is 31.9 Å². The van der Waals surface area contributed by atoms with Gasteiger partial charge in [0, 0.05) is 37.3 Å². The highest BCUT2D eigenvalue weighted by molar-refractivity contribution is 5.99. The molecule has 2 aliphatic heterocycles. The van der Waals surface area contributed by atoms with Crippen LogP contribution in [-0.4, -0.2) is 40.3 Å². The number of aromatic nitrogens is 1. The molecule has 0 aliphatic carbocycles. The maximum Gasteiger partial charge on any atom is 0.274 e. The molecule has 2 aliphatic rings. The molecular formula is C27H23F4N3O4. The number of ether oxygens (including phenoxy) is 1. The van der Waals surface area contributed by atoms with Crippen LogP contribution in [0.5, 0.6) is 5.75 Å². The normalized spacial score (nSPS) is 17.9. The molecule has 198 valence electrons. The minimum Gasteiger partial charge on any atom is -0.483 e. The van der Waals surface area contributed by atoms with Crippen molar-refractivity contribution in [2.75, 3.05) is 13.1 Å². The Bertz CT molecular complexity index is 1460. The summed E-state index contributed by atoms with van der Waals surface area (Å²) in [5.74, 6) is -6.84. The summed E-state index contributed by atoms with van der Waals surface area (Å²) in [7, 11) is 0. The Morgan fingerprint density at radius 3 is 2.61 bits per heavy atom. The van der Waals surface area contributed by atoms with Crippen LogP contribution in [0.1, 0.15) is 50.9 Å². The molecule has 1 atom stereocenters. The fraction of sp³-hybridized carbons (Fsp3) is 0.296. The largest absolute Gasteiger partial charge is 0.483 e. The van der Waals surface area contributed by atoms with Gasteiger partial charge >= 0.3 is 0 Å². The third-order valence-electron chi connectivity index (χ3n) is 6.70. The first kappa shape index (κ1) is 25.5. The number of pyridine rings is 1. The number of halogens is 4. The molecular weight excluding hydrogens is 506 g/mol. The van der Waals surface area contributed by atoms with Gasteiger partial charge in [-0.2, -0.15) is 0 Å². The molecule has 0 spiro atoms. The van der Waals surface area contributed by atoms with Crippen molar-refractivity contribution in [3.63, 3.8) is 0 Å². The molecule has 1 N–H and O–H groups in total. The van der Waals surface area contributed by atoms with E-state index in [1.165, 1.54) is 10.8 Å². The lowest BCUT2D eigenvalue weighted by atomic mass is 10.0. The van der Waals surface area contributed by atoms with Gasteiger partial charge in [-0.15, -0.1) is 0 Å². The van der Waals surface area contributed by atoms with E-state index in [1.54, 1.807) is 30.3 Å². The number of nitrogens with zero attached hydrogens (tertiary/aromatic N) is 2. The number of carbonyl (C=O) groups is 2. The summed E-state index contributed by atoms with van der Waals surface area (Å²) in [6.07, 6.45) is 0.706. The number of amides is 2. The molecule has 1 fully saturated rings. The number of fused-ring (bicyclic) bond motifs is 4. The molecule has 2 amide bonds. The highest BCUT2D eigenvalue weighted by Gasteiger charge is 2.44. The van der Waals surface area contributed by atoms with E-state index in [0.29, 0.717) is 11.6 Å². The first-order valence-corrected chi connectivity index (χ1v) is 12.0. The van der Waals surface area contributed by atoms with Crippen molar-refractivity contribution in [1.29, 1.82) is 0 Å². The van der Waals surface area contributed by atoms with Crippen LogP contribution in [0, 0.1) is 11.6 Å². The minimum absolute atomic E-state index is 0.00446. The van der Waals surface area contributed by atoms with E-state index in [-0.39, 0.29) is 37.4 Å². The summed E-state index contributed by atoms with van der Waals surface area (Å²) >= 11 is 0. The lowest BCUT2D eigenvalue weighted by Gasteiger charge is -2.35. The highest BCUT2D eigenvalue weighted by atomic mass is 19.3. The van der Waals surface area contributed by atoms with Crippen molar-refractivity contribution in [1.82, 2.24) is 14.8 Å². The zero-order valence-electron chi connectivity index (χ0n) is 20.1. The van der Waals surface area contributed by atoms with Gasteiger partial charge in [0.1, 0.15) is 23.8 Å². The van der Waals surface area contributed by atoms with Crippen LogP contribution in [0.25, 0.3) is 0 Å². The Kier molecular flexibility index (Phi) is 6.68. The molecule has 7 nitrogen and oxygen atoms in total. The highest BCUT2D eigenvalue weighted by Crippen LogP contribution is 2.37. The van der Waals surface area contributed by atoms with Crippen LogP contribution in [-0.2, 0) is 13.2 Å². The molecule has 3 aromatic rings. The molecule has 2 bridgehead atoms. The predicted molar refractivity (Wildman–Crippen MR) is 128 cm³/mol. The fourth-order valence-corrected chi connectivity index (χ4v) is 4.74. The third kappa shape index (κ3) is 5.00. The van der Waals surface area contributed by atoms with E-state index in [9.17, 15) is 31.9 Å². The Hall–Kier alpha value is -4.15. The molecule has 2 aromatic carbocycles. The second-order valence-electron chi connectivity index (χ2n) is 9.38. The lowest BCUT2D eigenvalue weighted by Crippen LogP contribution is -2.47. The van der Waals surface area contributed by atoms with Crippen molar-refractivity contribution in [2.45, 2.75) is 38.0 Å². The quantitative estimate of drug-likeness (QED) is 0.489. The molecule has 3 heterocycles. The summed E-state index contributed by atoms with van der Waals surface area (Å²) in [5, 5.41) is 2.43. The van der Waals surface area contributed by atoms with Crippen molar-refractivity contribution in [3.05, 3.63) is 99.0 Å². The Morgan fingerprint density at radius 1 is 1.11 bits per heavy atom. The molecule has 0 radical (unpaired) electrons. The predicted octanol–water partition coefficient (Wildman–Crippen LogP) is 4.06. The fourth-order valence-electron chi connectivity index (χ4n) is 4.74. The first-order chi connectivity index (χ1) is 18.1. The lowest BCUT2D eigenvalue weighted by molar-refractivity contribution is -0.0258. The monoisotopic (exact) mass is 529 g/mol. The number of rotatable bonds is 6. The number of alkyl halides is 2. The number of carbonyl (C=O) groups excluding carboxylic acids is 2. The molecule has 1 unspecified atom stereocenters. The van der Waals surface area contributed by atoms with Gasteiger partial charge in [-0.1, -0.05) is 36.4 Å². The minimum atomic E-state index is -3.10. The van der Waals surface area contributed by atoms with Crippen molar-refractivity contribution in [2.24, 2.45) is 0 Å². The van der Waals surface area contributed by atoms with Gasteiger partial charge < -0.3 is 19.5 Å². The summed E-state index contributed by atoms with van der Waals surface area (Å²) in [6.45, 7) is -1.23. The van der Waals surface area contributed by atoms with Crippen LogP contribution < -0.4 is 15.5 Å². The Labute approximate surface area is 214 Å². The number of hydrogen-bond donors (Lipinski definition) is 1. The van der Waals surface area contributed by atoms with E-state index < -0.39 is 65.1 Å². The maximum atomic E-state index is 14.4. The van der Waals surface area contributed by atoms with E-state index in [0.717, 1.165) is 17.0 Å². The van der Waals surface area contributed by atoms with Crippen molar-refractivity contribution in [3.8, 4) is 5.75 Å². The van der Waals surface area contributed by atoms with Crippen molar-refractivity contribution >= 4 is 11.8 Å². The van der Waals surface area contributed by atoms with Gasteiger partial charge in [-0.05, 0) is 18.1 Å². The van der Waals surface area contributed by atoms with Gasteiger partial charge in [0.05, 0.1) is 12.6 Å². The van der Waals surface area contributed by atoms with E-state index in [1.807, 2.05) is 0 Å². The smallest absolute Gasteiger partial charge is 0.274 e. The summed E-state index contributed by atoms with van der Waals surface area (Å²) in [5.41, 5.74) is -0.809. The summed E-state index contributed by atoms with van der Waals surface area (Å²) < 4.78 is 63.1. The van der Waals surface area contributed by atoms with Gasteiger partial charge in [0.15, 0.2) is 11.4 Å². The molecule has 1 aromatic heterocycles. The first-order valence-electron chi connectivity index (χ1n) is 12.0. The maximum absolute atomic E-state index is 14.4. The molecule has 0 saturated carbocycles. The van der Waals surface area contributed by atoms with Crippen LogP contribution in [0.3, 0.4) is 0 Å². The summed E-state index contributed by atoms with van der Waals surface area (Å²) in [4.78, 5) is 40.8. The molecule has 5 rings (SSSR count). The second-order valence-corrected chi connectivity index (χ2v) is 9.38. The van der Waals surface area contributed by atoms with Crippen LogP contribution in [0.4, 0.5) is 17.6 Å². The van der Waals surface area contributed by atoms with E-state index in [4.69, 9.17) is 4.74 Å². The van der Waals surface area contributed by atoms with E-state index in [2.05, 4.69) is 5.32 Å². The zero-order valence-corrected chi connectivity index (χ0v) is 20.1. The van der Waals surface area contributed by atoms with Crippen LogP contribution in [0.2, 0.25) is 0 Å². The van der Waals surface area contributed by atoms with Crippen LogP contribution in [0.15, 0.2) is 59.5 Å². The number of nitrogens with one attached hydrogen (secondary N) is 1. The van der Waals surface area contributed by atoms with Gasteiger partial charge in [-0.25, -0.2) is 17.6 Å².